The smallest absolute Gasteiger partial charge is 0 e. The number of carbonyl (C=O) groups is 1. The summed E-state index contributed by atoms with van der Waals surface area (Å²) in [5.74, 6) is 0.759. The van der Waals surface area contributed by atoms with Gasteiger partial charge < -0.3 is 0 Å². The Hall–Kier alpha value is -0.0503. The maximum atomic E-state index is 10.7. The molecule has 1 aromatic carbocycles. The minimum absolute atomic E-state index is 0. The Morgan fingerprint density at radius 2 is 1.83 bits per heavy atom. The fourth-order valence-electron chi connectivity index (χ4n) is 0.727. The third kappa shape index (κ3) is 3.13. The Morgan fingerprint density at radius 1 is 1.33 bits per heavy atom. The van der Waals surface area contributed by atoms with Gasteiger partial charge in [0.1, 0.15) is 0 Å². The summed E-state index contributed by atoms with van der Waals surface area (Å²) in [6.45, 7) is 0. The molecule has 0 spiro atoms. The van der Waals surface area contributed by atoms with Gasteiger partial charge in [-0.15, -0.1) is 0 Å². The largest absolute Gasteiger partial charge is 0 e. The molecule has 12 heavy (non-hydrogen) atoms. The predicted octanol–water partition coefficient (Wildman–Crippen LogP) is 1.00. The van der Waals surface area contributed by atoms with Crippen molar-refractivity contribution in [1.82, 2.24) is 0 Å². The van der Waals surface area contributed by atoms with Crippen molar-refractivity contribution >= 4 is 20.7 Å². The van der Waals surface area contributed by atoms with E-state index in [1.54, 1.807) is 31.4 Å². The summed E-state index contributed by atoms with van der Waals surface area (Å²) in [4.78, 5) is 10.7. The minimum atomic E-state index is -0.0485. The van der Waals surface area contributed by atoms with Crippen LogP contribution in [0.4, 0.5) is 0 Å². The van der Waals surface area contributed by atoms with E-state index in [1.165, 1.54) is 0 Å². The van der Waals surface area contributed by atoms with Crippen molar-refractivity contribution in [3.05, 3.63) is 29.8 Å². The van der Waals surface area contributed by atoms with Gasteiger partial charge in [-0.3, -0.25) is 0 Å². The third-order valence-corrected chi connectivity index (χ3v) is 1.82. The molecule has 2 radical (unpaired) electrons. The van der Waals surface area contributed by atoms with E-state index in [1.807, 2.05) is 0 Å². The molecule has 2 nitrogen and oxygen atoms in total. The third-order valence-electron chi connectivity index (χ3n) is 1.33. The first-order valence-electron chi connectivity index (χ1n) is 3.09. The molecule has 1 rings (SSSR count). The predicted molar refractivity (Wildman–Crippen MR) is 43.1 cm³/mol. The number of rotatable bonds is 2. The molecule has 0 unspecified atom stereocenters. The average Bonchev–Trinajstić information content (AvgIpc) is 2.05. The molecule has 0 amide bonds. The number of hydrogen-bond donors (Lipinski definition) is 0. The molecule has 0 aliphatic rings. The van der Waals surface area contributed by atoms with Crippen molar-refractivity contribution in [1.29, 1.82) is 0 Å². The molecule has 0 aromatic heterocycles. The van der Waals surface area contributed by atoms with Gasteiger partial charge in [0.05, 0.1) is 0 Å². The zero-order chi connectivity index (χ0) is 8.27. The Kier molecular flexibility index (Phi) is 5.55. The second-order valence-electron chi connectivity index (χ2n) is 2.02. The molecule has 1 aromatic rings. The summed E-state index contributed by atoms with van der Waals surface area (Å²) in [7, 11) is 1.59. The van der Waals surface area contributed by atoms with E-state index < -0.39 is 0 Å². The summed E-state index contributed by atoms with van der Waals surface area (Å²) >= 11 is 2.41. The zero-order valence-corrected chi connectivity index (χ0v) is 10.2. The van der Waals surface area contributed by atoms with Crippen molar-refractivity contribution in [3.8, 4) is 5.75 Å². The Balaban J connectivity index is 0.00000121. The van der Waals surface area contributed by atoms with Gasteiger partial charge in [0.2, 0.25) is 0 Å². The van der Waals surface area contributed by atoms with Crippen molar-refractivity contribution in [2.45, 2.75) is 0 Å². The Bertz CT molecular complexity index is 258. The SMILES string of the molecule is COc1ccc(C(=O)[Se])cc1.[Au]. The van der Waals surface area contributed by atoms with Crippen molar-refractivity contribution in [2.75, 3.05) is 7.11 Å². The quantitative estimate of drug-likeness (QED) is 0.680. The first kappa shape index (κ1) is 11.9. The van der Waals surface area contributed by atoms with Crippen LogP contribution in [0.15, 0.2) is 24.3 Å². The number of carbonyl (C=O) groups excluding carboxylic acids is 1. The fourth-order valence-corrected chi connectivity index (χ4v) is 1.01. The first-order valence-corrected chi connectivity index (χ1v) is 3.95. The van der Waals surface area contributed by atoms with E-state index in [9.17, 15) is 4.79 Å². The van der Waals surface area contributed by atoms with E-state index in [0.717, 1.165) is 5.75 Å². The van der Waals surface area contributed by atoms with Gasteiger partial charge in [0.25, 0.3) is 0 Å². The van der Waals surface area contributed by atoms with Crippen LogP contribution in [0.5, 0.6) is 5.75 Å². The standard InChI is InChI=1S/C8H7O2Se.Au/c1-10-7-4-2-6(3-5-7)8(9)11;/h2-5H,1H3;. The molecule has 68 valence electrons. The van der Waals surface area contributed by atoms with Crippen LogP contribution in [0.2, 0.25) is 0 Å². The van der Waals surface area contributed by atoms with Gasteiger partial charge in [-0.05, 0) is 0 Å². The first-order chi connectivity index (χ1) is 5.24. The van der Waals surface area contributed by atoms with Gasteiger partial charge in [-0.25, -0.2) is 0 Å². The van der Waals surface area contributed by atoms with Gasteiger partial charge in [-0.1, -0.05) is 0 Å². The van der Waals surface area contributed by atoms with E-state index in [2.05, 4.69) is 16.0 Å². The second-order valence-corrected chi connectivity index (χ2v) is 2.79. The van der Waals surface area contributed by atoms with Crippen molar-refractivity contribution in [2.24, 2.45) is 0 Å². The summed E-state index contributed by atoms with van der Waals surface area (Å²) in [6, 6.07) is 6.95. The summed E-state index contributed by atoms with van der Waals surface area (Å²) < 4.78 is 4.88. The zero-order valence-electron chi connectivity index (χ0n) is 6.34. The molecular formula is C8H7AuO2Se. The van der Waals surface area contributed by atoms with E-state index in [0.29, 0.717) is 5.56 Å². The maximum absolute atomic E-state index is 10.7. The molecule has 0 saturated heterocycles. The van der Waals surface area contributed by atoms with E-state index >= 15 is 0 Å². The van der Waals surface area contributed by atoms with Gasteiger partial charge >= 0.3 is 72.9 Å². The van der Waals surface area contributed by atoms with Crippen LogP contribution in [0.25, 0.3) is 0 Å². The number of benzene rings is 1. The molecule has 0 N–H and O–H groups in total. The molecule has 0 heterocycles. The number of methoxy groups -OCH3 is 1. The summed E-state index contributed by atoms with van der Waals surface area (Å²) in [5, 5.41) is 0. The molecule has 0 bridgehead atoms. The average molecular weight is 411 g/mol. The topological polar surface area (TPSA) is 26.3 Å². The molecule has 0 saturated carbocycles. The van der Waals surface area contributed by atoms with E-state index in [4.69, 9.17) is 4.74 Å². The molecule has 0 aliphatic carbocycles. The molecule has 4 heteroatoms. The number of hydrogen-bond acceptors (Lipinski definition) is 2. The monoisotopic (exact) mass is 412 g/mol. The van der Waals surface area contributed by atoms with Crippen LogP contribution < -0.4 is 4.74 Å². The molecular weight excluding hydrogens is 404 g/mol. The number of ether oxygens (including phenoxy) is 1. The molecule has 0 atom stereocenters. The molecule has 0 aliphatic heterocycles. The van der Waals surface area contributed by atoms with Gasteiger partial charge in [0, 0.05) is 22.4 Å². The maximum Gasteiger partial charge on any atom is 0 e. The fraction of sp³-hybridized carbons (Fsp3) is 0.125. The van der Waals surface area contributed by atoms with Crippen molar-refractivity contribution in [3.63, 3.8) is 0 Å². The van der Waals surface area contributed by atoms with Crippen LogP contribution in [-0.4, -0.2) is 27.8 Å². The normalized spacial score (nSPS) is 8.42. The van der Waals surface area contributed by atoms with E-state index in [-0.39, 0.29) is 27.1 Å². The van der Waals surface area contributed by atoms with Crippen molar-refractivity contribution < 1.29 is 31.9 Å². The van der Waals surface area contributed by atoms with Crippen LogP contribution in [0, 0.1) is 0 Å². The molecule has 0 fully saturated rings. The van der Waals surface area contributed by atoms with Crippen LogP contribution >= 0.6 is 0 Å². The Morgan fingerprint density at radius 3 is 2.17 bits per heavy atom. The van der Waals surface area contributed by atoms with Crippen LogP contribution in [0.3, 0.4) is 0 Å². The summed E-state index contributed by atoms with van der Waals surface area (Å²) in [5.41, 5.74) is 0.658. The van der Waals surface area contributed by atoms with Crippen LogP contribution in [0.1, 0.15) is 10.4 Å². The summed E-state index contributed by atoms with van der Waals surface area (Å²) in [6.07, 6.45) is 0. The Labute approximate surface area is 95.0 Å². The van der Waals surface area contributed by atoms with Gasteiger partial charge in [0.15, 0.2) is 0 Å². The minimum Gasteiger partial charge on any atom is 0 e. The van der Waals surface area contributed by atoms with Gasteiger partial charge in [-0.2, -0.15) is 0 Å². The van der Waals surface area contributed by atoms with Crippen LogP contribution in [-0.2, 0) is 22.4 Å². The second kappa shape index (κ2) is 5.57.